The van der Waals surface area contributed by atoms with Gasteiger partial charge >= 0.3 is 0 Å². The van der Waals surface area contributed by atoms with Crippen molar-refractivity contribution in [1.29, 1.82) is 0 Å². The van der Waals surface area contributed by atoms with Crippen molar-refractivity contribution in [1.82, 2.24) is 14.5 Å². The van der Waals surface area contributed by atoms with Gasteiger partial charge in [0.2, 0.25) is 5.95 Å². The fraction of sp³-hybridized carbons (Fsp3) is 0.0588. The van der Waals surface area contributed by atoms with Gasteiger partial charge in [0.25, 0.3) is 11.5 Å². The van der Waals surface area contributed by atoms with E-state index in [1.807, 2.05) is 12.1 Å². The van der Waals surface area contributed by atoms with Gasteiger partial charge < -0.3 is 4.57 Å². The zero-order valence-corrected chi connectivity index (χ0v) is 13.3. The minimum absolute atomic E-state index is 0.0268. The van der Waals surface area contributed by atoms with Crippen LogP contribution in [-0.4, -0.2) is 20.4 Å². The van der Waals surface area contributed by atoms with Gasteiger partial charge in [0, 0.05) is 23.6 Å². The summed E-state index contributed by atoms with van der Waals surface area (Å²) in [6, 6.07) is 11.9. The Labute approximate surface area is 142 Å². The molecule has 24 heavy (non-hydrogen) atoms. The zero-order valence-electron chi connectivity index (χ0n) is 12.5. The molecule has 2 heterocycles. The summed E-state index contributed by atoms with van der Waals surface area (Å²) >= 11 is 5.86. The van der Waals surface area contributed by atoms with Crippen LogP contribution in [-0.2, 0) is 6.54 Å². The third kappa shape index (κ3) is 3.67. The first-order valence-electron chi connectivity index (χ1n) is 7.16. The quantitative estimate of drug-likeness (QED) is 0.792. The highest BCUT2D eigenvalue weighted by atomic mass is 35.5. The van der Waals surface area contributed by atoms with E-state index in [0.29, 0.717) is 11.6 Å². The summed E-state index contributed by atoms with van der Waals surface area (Å²) in [5.41, 5.74) is 0.547. The zero-order chi connectivity index (χ0) is 16.9. The average molecular weight is 341 g/mol. The number of hydrogen-bond acceptors (Lipinski definition) is 4. The first kappa shape index (κ1) is 15.9. The molecule has 0 unspecified atom stereocenters. The predicted molar refractivity (Wildman–Crippen MR) is 91.2 cm³/mol. The largest absolute Gasteiger partial charge is 0.310 e. The molecule has 0 bridgehead atoms. The predicted octanol–water partition coefficient (Wildman–Crippen LogP) is 2.59. The Morgan fingerprint density at radius 3 is 2.50 bits per heavy atom. The monoisotopic (exact) mass is 340 g/mol. The van der Waals surface area contributed by atoms with Crippen molar-refractivity contribution >= 4 is 23.5 Å². The van der Waals surface area contributed by atoms with Gasteiger partial charge in [0.1, 0.15) is 5.56 Å². The van der Waals surface area contributed by atoms with E-state index in [2.05, 4.69) is 15.3 Å². The molecule has 6 nitrogen and oxygen atoms in total. The molecule has 0 spiro atoms. The first-order valence-corrected chi connectivity index (χ1v) is 7.53. The summed E-state index contributed by atoms with van der Waals surface area (Å²) in [5.74, 6) is -0.397. The topological polar surface area (TPSA) is 76.9 Å². The number of aromatic nitrogens is 3. The van der Waals surface area contributed by atoms with E-state index in [1.165, 1.54) is 23.0 Å². The van der Waals surface area contributed by atoms with Crippen molar-refractivity contribution < 1.29 is 4.79 Å². The molecule has 0 atom stereocenters. The number of pyridine rings is 1. The molecule has 2 aromatic heterocycles. The van der Waals surface area contributed by atoms with Gasteiger partial charge in [-0.05, 0) is 35.9 Å². The van der Waals surface area contributed by atoms with Crippen molar-refractivity contribution in [3.05, 3.63) is 87.6 Å². The highest BCUT2D eigenvalue weighted by molar-refractivity contribution is 6.30. The summed E-state index contributed by atoms with van der Waals surface area (Å²) in [5, 5.41) is 3.13. The van der Waals surface area contributed by atoms with Crippen LogP contribution < -0.4 is 10.9 Å². The van der Waals surface area contributed by atoms with Crippen LogP contribution in [0, 0.1) is 0 Å². The second kappa shape index (κ2) is 7.06. The summed E-state index contributed by atoms with van der Waals surface area (Å²) in [6.07, 6.45) is 4.64. The number of carbonyl (C=O) groups is 1. The first-order chi connectivity index (χ1) is 11.6. The van der Waals surface area contributed by atoms with E-state index in [4.69, 9.17) is 11.6 Å². The number of hydrogen-bond donors (Lipinski definition) is 1. The van der Waals surface area contributed by atoms with Crippen LogP contribution in [0.4, 0.5) is 5.95 Å². The number of nitrogens with zero attached hydrogens (tertiary/aromatic N) is 3. The molecule has 0 saturated heterocycles. The number of amides is 1. The molecule has 0 radical (unpaired) electrons. The molecular formula is C17H13ClN4O2. The van der Waals surface area contributed by atoms with Gasteiger partial charge in [-0.1, -0.05) is 23.7 Å². The maximum atomic E-state index is 12.5. The van der Waals surface area contributed by atoms with E-state index in [0.717, 1.165) is 5.56 Å². The van der Waals surface area contributed by atoms with Gasteiger partial charge in [-0.3, -0.25) is 14.9 Å². The third-order valence-corrected chi connectivity index (χ3v) is 3.57. The van der Waals surface area contributed by atoms with Crippen LogP contribution in [0.1, 0.15) is 15.9 Å². The van der Waals surface area contributed by atoms with Crippen LogP contribution in [0.5, 0.6) is 0 Å². The molecular weight excluding hydrogens is 328 g/mol. The molecule has 1 N–H and O–H groups in total. The molecule has 0 aliphatic rings. The Morgan fingerprint density at radius 2 is 1.79 bits per heavy atom. The highest BCUT2D eigenvalue weighted by Gasteiger charge is 2.13. The Bertz CT molecular complexity index is 908. The fourth-order valence-corrected chi connectivity index (χ4v) is 2.28. The second-order valence-electron chi connectivity index (χ2n) is 5.01. The molecule has 0 aliphatic heterocycles. The average Bonchev–Trinajstić information content (AvgIpc) is 2.59. The Morgan fingerprint density at radius 1 is 1.08 bits per heavy atom. The smallest absolute Gasteiger partial charge is 0.263 e. The molecule has 120 valence electrons. The van der Waals surface area contributed by atoms with Crippen molar-refractivity contribution in [3.63, 3.8) is 0 Å². The van der Waals surface area contributed by atoms with Crippen LogP contribution in [0.2, 0.25) is 5.02 Å². The maximum absolute atomic E-state index is 12.5. The number of halogens is 1. The van der Waals surface area contributed by atoms with E-state index in [1.54, 1.807) is 30.5 Å². The highest BCUT2D eigenvalue weighted by Crippen LogP contribution is 2.10. The minimum Gasteiger partial charge on any atom is -0.310 e. The van der Waals surface area contributed by atoms with Crippen LogP contribution >= 0.6 is 11.6 Å². The molecule has 3 rings (SSSR count). The van der Waals surface area contributed by atoms with E-state index in [-0.39, 0.29) is 17.1 Å². The van der Waals surface area contributed by atoms with E-state index < -0.39 is 5.91 Å². The molecule has 0 fully saturated rings. The summed E-state index contributed by atoms with van der Waals surface area (Å²) in [6.45, 7) is 0.346. The van der Waals surface area contributed by atoms with Gasteiger partial charge in [-0.2, -0.15) is 0 Å². The molecule has 1 aromatic carbocycles. The molecule has 0 saturated carbocycles. The lowest BCUT2D eigenvalue weighted by molar-refractivity contribution is 0.102. The SMILES string of the molecule is O=C(Nc1ncccn1)c1cccn(Cc2ccc(Cl)cc2)c1=O. The van der Waals surface area contributed by atoms with Crippen molar-refractivity contribution in [3.8, 4) is 0 Å². The normalized spacial score (nSPS) is 10.4. The number of anilines is 1. The number of carbonyl (C=O) groups excluding carboxylic acids is 1. The molecule has 1 amide bonds. The lowest BCUT2D eigenvalue weighted by Gasteiger charge is -2.08. The lowest BCUT2D eigenvalue weighted by Crippen LogP contribution is -2.29. The molecule has 7 heteroatoms. The minimum atomic E-state index is -0.545. The lowest BCUT2D eigenvalue weighted by atomic mass is 10.2. The molecule has 0 aliphatic carbocycles. The van der Waals surface area contributed by atoms with Crippen LogP contribution in [0.3, 0.4) is 0 Å². The van der Waals surface area contributed by atoms with Gasteiger partial charge in [0.05, 0.1) is 6.54 Å². The summed E-state index contributed by atoms with van der Waals surface area (Å²) in [4.78, 5) is 32.6. The summed E-state index contributed by atoms with van der Waals surface area (Å²) in [7, 11) is 0. The Hall–Kier alpha value is -2.99. The van der Waals surface area contributed by atoms with Gasteiger partial charge in [0.15, 0.2) is 0 Å². The van der Waals surface area contributed by atoms with Crippen molar-refractivity contribution in [2.75, 3.05) is 5.32 Å². The molecule has 3 aromatic rings. The third-order valence-electron chi connectivity index (χ3n) is 3.32. The maximum Gasteiger partial charge on any atom is 0.263 e. The van der Waals surface area contributed by atoms with Crippen LogP contribution in [0.15, 0.2) is 65.8 Å². The standard InChI is InChI=1S/C17H13ClN4O2/c18-13-6-4-12(5-7-13)11-22-10-1-3-14(16(22)24)15(23)21-17-19-8-2-9-20-17/h1-10H,11H2,(H,19,20,21,23). The summed E-state index contributed by atoms with van der Waals surface area (Å²) < 4.78 is 1.46. The van der Waals surface area contributed by atoms with E-state index in [9.17, 15) is 9.59 Å². The number of rotatable bonds is 4. The Balaban J connectivity index is 1.84. The van der Waals surface area contributed by atoms with Gasteiger partial charge in [-0.25, -0.2) is 9.97 Å². The van der Waals surface area contributed by atoms with Crippen molar-refractivity contribution in [2.45, 2.75) is 6.54 Å². The number of benzene rings is 1. The van der Waals surface area contributed by atoms with E-state index >= 15 is 0 Å². The second-order valence-corrected chi connectivity index (χ2v) is 5.44. The van der Waals surface area contributed by atoms with Crippen molar-refractivity contribution in [2.24, 2.45) is 0 Å². The fourth-order valence-electron chi connectivity index (χ4n) is 2.15. The van der Waals surface area contributed by atoms with Gasteiger partial charge in [-0.15, -0.1) is 0 Å². The van der Waals surface area contributed by atoms with Crippen LogP contribution in [0.25, 0.3) is 0 Å². The Kier molecular flexibility index (Phi) is 4.67. The number of nitrogens with one attached hydrogen (secondary N) is 1.